The molecule has 2 aromatic carbocycles. The molecule has 0 aromatic heterocycles. The standard InChI is InChI=1S/C21H21FN2O/c1-3-24(14(2)16-6-4-15(13-23)5-7-16)21(25)20-12-19(20)17-8-10-18(22)11-9-17/h4-11,14,19-20H,3,12H2,1-2H3. The molecule has 1 aliphatic carbocycles. The van der Waals surface area contributed by atoms with E-state index in [1.807, 2.05) is 30.9 Å². The van der Waals surface area contributed by atoms with Gasteiger partial charge in [0.05, 0.1) is 17.7 Å². The zero-order valence-corrected chi connectivity index (χ0v) is 14.4. The van der Waals surface area contributed by atoms with E-state index < -0.39 is 0 Å². The van der Waals surface area contributed by atoms with Crippen LogP contribution in [0.2, 0.25) is 0 Å². The molecule has 0 radical (unpaired) electrons. The molecular formula is C21H21FN2O. The van der Waals surface area contributed by atoms with E-state index in [9.17, 15) is 9.18 Å². The first-order chi connectivity index (χ1) is 12.0. The summed E-state index contributed by atoms with van der Waals surface area (Å²) in [6.07, 6.45) is 0.820. The number of amides is 1. The number of nitrogens with zero attached hydrogens (tertiary/aromatic N) is 2. The summed E-state index contributed by atoms with van der Waals surface area (Å²) in [5, 5.41) is 8.91. The number of rotatable bonds is 5. The minimum atomic E-state index is -0.253. The fraction of sp³-hybridized carbons (Fsp3) is 0.333. The van der Waals surface area contributed by atoms with Crippen LogP contribution in [-0.2, 0) is 4.79 Å². The molecule has 0 heterocycles. The lowest BCUT2D eigenvalue weighted by Crippen LogP contribution is -2.34. The smallest absolute Gasteiger partial charge is 0.226 e. The molecule has 2 aromatic rings. The van der Waals surface area contributed by atoms with Crippen molar-refractivity contribution in [1.29, 1.82) is 5.26 Å². The van der Waals surface area contributed by atoms with Gasteiger partial charge in [0.1, 0.15) is 5.82 Å². The lowest BCUT2D eigenvalue weighted by Gasteiger charge is -2.29. The molecule has 3 rings (SSSR count). The van der Waals surface area contributed by atoms with Crippen LogP contribution in [0.4, 0.5) is 4.39 Å². The molecule has 4 heteroatoms. The van der Waals surface area contributed by atoms with E-state index in [1.165, 1.54) is 12.1 Å². The molecule has 0 saturated heterocycles. The zero-order valence-electron chi connectivity index (χ0n) is 14.4. The molecule has 128 valence electrons. The first-order valence-corrected chi connectivity index (χ1v) is 8.61. The second-order valence-corrected chi connectivity index (χ2v) is 6.53. The van der Waals surface area contributed by atoms with Crippen molar-refractivity contribution < 1.29 is 9.18 Å². The van der Waals surface area contributed by atoms with Crippen LogP contribution in [0.15, 0.2) is 48.5 Å². The van der Waals surface area contributed by atoms with Crippen LogP contribution in [0.3, 0.4) is 0 Å². The summed E-state index contributed by atoms with van der Waals surface area (Å²) in [4.78, 5) is 14.8. The van der Waals surface area contributed by atoms with Gasteiger partial charge in [-0.2, -0.15) is 5.26 Å². The minimum absolute atomic E-state index is 0.0220. The van der Waals surface area contributed by atoms with Crippen molar-refractivity contribution in [3.8, 4) is 6.07 Å². The number of nitriles is 1. The van der Waals surface area contributed by atoms with Gasteiger partial charge in [0.25, 0.3) is 0 Å². The van der Waals surface area contributed by atoms with Gasteiger partial charge >= 0.3 is 0 Å². The van der Waals surface area contributed by atoms with E-state index in [-0.39, 0.29) is 29.6 Å². The number of hydrogen-bond donors (Lipinski definition) is 0. The molecule has 3 nitrogen and oxygen atoms in total. The number of halogens is 1. The van der Waals surface area contributed by atoms with Crippen molar-refractivity contribution in [3.05, 3.63) is 71.0 Å². The minimum Gasteiger partial charge on any atom is -0.336 e. The van der Waals surface area contributed by atoms with Crippen LogP contribution in [0.1, 0.15) is 48.9 Å². The van der Waals surface area contributed by atoms with Crippen LogP contribution in [0.25, 0.3) is 0 Å². The summed E-state index contributed by atoms with van der Waals surface area (Å²) in [7, 11) is 0. The maximum Gasteiger partial charge on any atom is 0.226 e. The highest BCUT2D eigenvalue weighted by Crippen LogP contribution is 2.49. The maximum atomic E-state index is 13.1. The summed E-state index contributed by atoms with van der Waals surface area (Å²) in [6, 6.07) is 15.9. The first kappa shape index (κ1) is 17.2. The Morgan fingerprint density at radius 1 is 1.24 bits per heavy atom. The lowest BCUT2D eigenvalue weighted by molar-refractivity contribution is -0.134. The second-order valence-electron chi connectivity index (χ2n) is 6.53. The topological polar surface area (TPSA) is 44.1 Å². The van der Waals surface area contributed by atoms with Crippen molar-refractivity contribution in [1.82, 2.24) is 4.90 Å². The molecule has 0 spiro atoms. The number of carbonyl (C=O) groups is 1. The Kier molecular flexibility index (Phi) is 4.85. The van der Waals surface area contributed by atoms with Crippen LogP contribution in [0.5, 0.6) is 0 Å². The summed E-state index contributed by atoms with van der Waals surface area (Å²) < 4.78 is 13.1. The summed E-state index contributed by atoms with van der Waals surface area (Å²) in [5.41, 5.74) is 2.67. The van der Waals surface area contributed by atoms with Crippen molar-refractivity contribution in [2.75, 3.05) is 6.54 Å². The third-order valence-electron chi connectivity index (χ3n) is 5.02. The van der Waals surface area contributed by atoms with Crippen molar-refractivity contribution in [2.45, 2.75) is 32.2 Å². The number of carbonyl (C=O) groups excluding carboxylic acids is 1. The molecule has 3 atom stereocenters. The summed E-state index contributed by atoms with van der Waals surface area (Å²) in [6.45, 7) is 4.62. The highest BCUT2D eigenvalue weighted by molar-refractivity contribution is 5.83. The Balaban J connectivity index is 1.71. The number of benzene rings is 2. The Morgan fingerprint density at radius 3 is 2.44 bits per heavy atom. The summed E-state index contributed by atoms with van der Waals surface area (Å²) >= 11 is 0. The molecule has 1 saturated carbocycles. The van der Waals surface area contributed by atoms with E-state index in [1.54, 1.807) is 24.3 Å². The van der Waals surface area contributed by atoms with E-state index in [0.29, 0.717) is 12.1 Å². The average molecular weight is 336 g/mol. The molecule has 1 amide bonds. The second kappa shape index (κ2) is 7.06. The lowest BCUT2D eigenvalue weighted by atomic mass is 10.0. The largest absolute Gasteiger partial charge is 0.336 e. The van der Waals surface area contributed by atoms with E-state index in [4.69, 9.17) is 5.26 Å². The van der Waals surface area contributed by atoms with Gasteiger partial charge in [0, 0.05) is 12.5 Å². The Hall–Kier alpha value is -2.67. The maximum absolute atomic E-state index is 13.1. The molecule has 1 aliphatic rings. The van der Waals surface area contributed by atoms with Crippen molar-refractivity contribution in [3.63, 3.8) is 0 Å². The Labute approximate surface area is 147 Å². The van der Waals surface area contributed by atoms with Gasteiger partial charge in [-0.05, 0) is 61.6 Å². The fourth-order valence-electron chi connectivity index (χ4n) is 3.40. The zero-order chi connectivity index (χ0) is 18.0. The predicted molar refractivity (Wildman–Crippen MR) is 94.2 cm³/mol. The van der Waals surface area contributed by atoms with Crippen LogP contribution < -0.4 is 0 Å². The van der Waals surface area contributed by atoms with Gasteiger partial charge in [0.15, 0.2) is 0 Å². The van der Waals surface area contributed by atoms with Gasteiger partial charge < -0.3 is 4.90 Å². The number of hydrogen-bond acceptors (Lipinski definition) is 2. The molecule has 25 heavy (non-hydrogen) atoms. The molecule has 0 bridgehead atoms. The van der Waals surface area contributed by atoms with Gasteiger partial charge in [-0.1, -0.05) is 24.3 Å². The van der Waals surface area contributed by atoms with Crippen LogP contribution in [-0.4, -0.2) is 17.4 Å². The highest BCUT2D eigenvalue weighted by atomic mass is 19.1. The normalized spacial score (nSPS) is 19.8. The average Bonchev–Trinajstić information content (AvgIpc) is 3.43. The highest BCUT2D eigenvalue weighted by Gasteiger charge is 2.46. The fourth-order valence-corrected chi connectivity index (χ4v) is 3.40. The van der Waals surface area contributed by atoms with Crippen LogP contribution in [0, 0.1) is 23.1 Å². The predicted octanol–water partition coefficient (Wildman–Crippen LogP) is 4.41. The molecule has 3 unspecified atom stereocenters. The van der Waals surface area contributed by atoms with Gasteiger partial charge in [-0.25, -0.2) is 4.39 Å². The third-order valence-corrected chi connectivity index (χ3v) is 5.02. The van der Waals surface area contributed by atoms with Crippen molar-refractivity contribution >= 4 is 5.91 Å². The Morgan fingerprint density at radius 2 is 1.88 bits per heavy atom. The van der Waals surface area contributed by atoms with E-state index in [0.717, 1.165) is 17.5 Å². The van der Waals surface area contributed by atoms with Crippen molar-refractivity contribution in [2.24, 2.45) is 5.92 Å². The van der Waals surface area contributed by atoms with E-state index in [2.05, 4.69) is 6.07 Å². The molecule has 0 aliphatic heterocycles. The van der Waals surface area contributed by atoms with Gasteiger partial charge in [0.2, 0.25) is 5.91 Å². The van der Waals surface area contributed by atoms with Gasteiger partial charge in [-0.3, -0.25) is 4.79 Å². The van der Waals surface area contributed by atoms with Gasteiger partial charge in [-0.15, -0.1) is 0 Å². The van der Waals surface area contributed by atoms with Crippen LogP contribution >= 0.6 is 0 Å². The Bertz CT molecular complexity index is 792. The molecule has 0 N–H and O–H groups in total. The molecule has 1 fully saturated rings. The first-order valence-electron chi connectivity index (χ1n) is 8.61. The summed E-state index contributed by atoms with van der Waals surface area (Å²) in [5.74, 6) is 0.0622. The molecular weight excluding hydrogens is 315 g/mol. The van der Waals surface area contributed by atoms with E-state index >= 15 is 0 Å². The quantitative estimate of drug-likeness (QED) is 0.812. The monoisotopic (exact) mass is 336 g/mol. The SMILES string of the molecule is CCN(C(=O)C1CC1c1ccc(F)cc1)C(C)c1ccc(C#N)cc1. The third kappa shape index (κ3) is 3.56.